The fourth-order valence-corrected chi connectivity index (χ4v) is 2.11. The Morgan fingerprint density at radius 2 is 2.12 bits per heavy atom. The van der Waals surface area contributed by atoms with Crippen molar-refractivity contribution in [2.75, 3.05) is 18.1 Å². The smallest absolute Gasteiger partial charge is 0.221 e. The number of hydrogen-bond donors (Lipinski definition) is 2. The molecule has 94 valence electrons. The van der Waals surface area contributed by atoms with Crippen molar-refractivity contribution in [3.63, 3.8) is 0 Å². The first kappa shape index (κ1) is 14.1. The van der Waals surface area contributed by atoms with Gasteiger partial charge < -0.3 is 10.4 Å². The zero-order valence-corrected chi connectivity index (χ0v) is 10.9. The summed E-state index contributed by atoms with van der Waals surface area (Å²) in [5, 5.41) is 12.1. The minimum Gasteiger partial charge on any atom is -0.394 e. The highest BCUT2D eigenvalue weighted by molar-refractivity contribution is 7.99. The number of nitrogens with one attached hydrogen (secondary N) is 1. The van der Waals surface area contributed by atoms with E-state index >= 15 is 0 Å². The van der Waals surface area contributed by atoms with Crippen molar-refractivity contribution in [2.45, 2.75) is 19.4 Å². The van der Waals surface area contributed by atoms with Crippen LogP contribution in [0.4, 0.5) is 0 Å². The van der Waals surface area contributed by atoms with Gasteiger partial charge in [0.2, 0.25) is 5.91 Å². The molecule has 0 aliphatic carbocycles. The lowest BCUT2D eigenvalue weighted by Crippen LogP contribution is -2.30. The van der Waals surface area contributed by atoms with Crippen molar-refractivity contribution in [2.24, 2.45) is 0 Å². The molecule has 17 heavy (non-hydrogen) atoms. The molecule has 1 atom stereocenters. The summed E-state index contributed by atoms with van der Waals surface area (Å²) < 4.78 is 0. The predicted octanol–water partition coefficient (Wildman–Crippen LogP) is 1.98. The standard InChI is InChI=1S/C13H19NO2S/c1-2-17-9-8-13(16)14-12(10-15)11-6-4-3-5-7-11/h3-7,12,15H,2,8-10H2,1H3,(H,14,16)/t12-/m1/s1. The first-order valence-electron chi connectivity index (χ1n) is 5.80. The summed E-state index contributed by atoms with van der Waals surface area (Å²) in [5.74, 6) is 1.85. The highest BCUT2D eigenvalue weighted by Gasteiger charge is 2.12. The minimum absolute atomic E-state index is 0.00569. The second-order valence-electron chi connectivity index (χ2n) is 3.66. The Hall–Kier alpha value is -1.00. The molecule has 0 aromatic heterocycles. The molecule has 1 aromatic rings. The SMILES string of the molecule is CCSCCC(=O)N[C@H](CO)c1ccccc1. The van der Waals surface area contributed by atoms with E-state index in [9.17, 15) is 9.90 Å². The molecule has 2 N–H and O–H groups in total. The summed E-state index contributed by atoms with van der Waals surface area (Å²) in [6, 6.07) is 9.23. The van der Waals surface area contributed by atoms with E-state index in [-0.39, 0.29) is 18.6 Å². The molecule has 0 unspecified atom stereocenters. The van der Waals surface area contributed by atoms with Crippen molar-refractivity contribution in [1.29, 1.82) is 0 Å². The van der Waals surface area contributed by atoms with E-state index in [1.807, 2.05) is 30.3 Å². The van der Waals surface area contributed by atoms with Crippen molar-refractivity contribution >= 4 is 17.7 Å². The molecular formula is C13H19NO2S. The molecule has 0 saturated heterocycles. The summed E-state index contributed by atoms with van der Waals surface area (Å²) in [6.07, 6.45) is 0.502. The van der Waals surface area contributed by atoms with Crippen LogP contribution < -0.4 is 5.32 Å². The van der Waals surface area contributed by atoms with Crippen LogP contribution in [0.3, 0.4) is 0 Å². The lowest BCUT2D eigenvalue weighted by molar-refractivity contribution is -0.121. The third kappa shape index (κ3) is 5.24. The van der Waals surface area contributed by atoms with Crippen LogP contribution in [0.2, 0.25) is 0 Å². The van der Waals surface area contributed by atoms with Gasteiger partial charge >= 0.3 is 0 Å². The molecule has 0 aliphatic heterocycles. The average Bonchev–Trinajstić information content (AvgIpc) is 2.37. The molecule has 0 spiro atoms. The molecule has 1 amide bonds. The molecule has 1 rings (SSSR count). The van der Waals surface area contributed by atoms with Gasteiger partial charge in [0.25, 0.3) is 0 Å². The minimum atomic E-state index is -0.296. The van der Waals surface area contributed by atoms with Gasteiger partial charge in [0.15, 0.2) is 0 Å². The van der Waals surface area contributed by atoms with Crippen molar-refractivity contribution in [3.8, 4) is 0 Å². The third-order valence-corrected chi connectivity index (χ3v) is 3.30. The van der Waals surface area contributed by atoms with Gasteiger partial charge in [-0.15, -0.1) is 0 Å². The molecule has 4 heteroatoms. The number of carbonyl (C=O) groups is 1. The number of amides is 1. The molecule has 0 radical (unpaired) electrons. The summed E-state index contributed by atoms with van der Waals surface area (Å²) in [4.78, 5) is 11.6. The van der Waals surface area contributed by atoms with Crippen LogP contribution in [-0.2, 0) is 4.79 Å². The third-order valence-electron chi connectivity index (χ3n) is 2.40. The maximum absolute atomic E-state index is 11.6. The van der Waals surface area contributed by atoms with Gasteiger partial charge in [-0.1, -0.05) is 37.3 Å². The van der Waals surface area contributed by atoms with E-state index in [0.29, 0.717) is 6.42 Å². The van der Waals surface area contributed by atoms with Gasteiger partial charge in [-0.3, -0.25) is 4.79 Å². The topological polar surface area (TPSA) is 49.3 Å². The molecular weight excluding hydrogens is 234 g/mol. The van der Waals surface area contributed by atoms with Gasteiger partial charge in [0, 0.05) is 12.2 Å². The van der Waals surface area contributed by atoms with Gasteiger partial charge in [-0.25, -0.2) is 0 Å². The molecule has 0 bridgehead atoms. The van der Waals surface area contributed by atoms with Gasteiger partial charge in [0.05, 0.1) is 12.6 Å². The van der Waals surface area contributed by atoms with Crippen LogP contribution in [0.25, 0.3) is 0 Å². The maximum atomic E-state index is 11.6. The lowest BCUT2D eigenvalue weighted by atomic mass is 10.1. The van der Waals surface area contributed by atoms with E-state index in [4.69, 9.17) is 0 Å². The largest absolute Gasteiger partial charge is 0.394 e. The Morgan fingerprint density at radius 3 is 2.71 bits per heavy atom. The fourth-order valence-electron chi connectivity index (χ4n) is 1.50. The number of hydrogen-bond acceptors (Lipinski definition) is 3. The van der Waals surface area contributed by atoms with Crippen LogP contribution in [0.5, 0.6) is 0 Å². The summed E-state index contributed by atoms with van der Waals surface area (Å²) in [7, 11) is 0. The van der Waals surface area contributed by atoms with Crippen molar-refractivity contribution in [1.82, 2.24) is 5.32 Å². The second-order valence-corrected chi connectivity index (χ2v) is 5.05. The molecule has 0 saturated carbocycles. The average molecular weight is 253 g/mol. The number of aliphatic hydroxyl groups excluding tert-OH is 1. The summed E-state index contributed by atoms with van der Waals surface area (Å²) in [5.41, 5.74) is 0.937. The van der Waals surface area contributed by atoms with E-state index in [1.165, 1.54) is 0 Å². The highest BCUT2D eigenvalue weighted by Crippen LogP contribution is 2.12. The molecule has 0 fully saturated rings. The summed E-state index contributed by atoms with van der Waals surface area (Å²) >= 11 is 1.74. The maximum Gasteiger partial charge on any atom is 0.221 e. The van der Waals surface area contributed by atoms with E-state index < -0.39 is 0 Å². The van der Waals surface area contributed by atoms with E-state index in [0.717, 1.165) is 17.1 Å². The number of aliphatic hydroxyl groups is 1. The predicted molar refractivity (Wildman–Crippen MR) is 72.0 cm³/mol. The van der Waals surface area contributed by atoms with Gasteiger partial charge in [0.1, 0.15) is 0 Å². The second kappa shape index (κ2) is 8.14. The van der Waals surface area contributed by atoms with Crippen LogP contribution in [0, 0.1) is 0 Å². The lowest BCUT2D eigenvalue weighted by Gasteiger charge is -2.16. The number of carbonyl (C=O) groups excluding carboxylic acids is 1. The number of rotatable bonds is 7. The zero-order chi connectivity index (χ0) is 12.5. The molecule has 0 aliphatic rings. The first-order valence-corrected chi connectivity index (χ1v) is 6.96. The molecule has 0 heterocycles. The first-order chi connectivity index (χ1) is 8.27. The van der Waals surface area contributed by atoms with Crippen LogP contribution >= 0.6 is 11.8 Å². The highest BCUT2D eigenvalue weighted by atomic mass is 32.2. The van der Waals surface area contributed by atoms with Crippen molar-refractivity contribution < 1.29 is 9.90 Å². The van der Waals surface area contributed by atoms with Crippen LogP contribution in [0.15, 0.2) is 30.3 Å². The Labute approximate surface area is 107 Å². The summed E-state index contributed by atoms with van der Waals surface area (Å²) in [6.45, 7) is 2.00. The van der Waals surface area contributed by atoms with Crippen molar-refractivity contribution in [3.05, 3.63) is 35.9 Å². The monoisotopic (exact) mass is 253 g/mol. The van der Waals surface area contributed by atoms with Gasteiger partial charge in [-0.05, 0) is 11.3 Å². The Bertz CT molecular complexity index is 329. The van der Waals surface area contributed by atoms with Crippen LogP contribution in [0.1, 0.15) is 24.9 Å². The zero-order valence-electron chi connectivity index (χ0n) is 10.1. The Kier molecular flexibility index (Phi) is 6.74. The van der Waals surface area contributed by atoms with E-state index in [2.05, 4.69) is 12.2 Å². The van der Waals surface area contributed by atoms with Crippen LogP contribution in [-0.4, -0.2) is 29.1 Å². The number of benzene rings is 1. The Morgan fingerprint density at radius 1 is 1.41 bits per heavy atom. The molecule has 3 nitrogen and oxygen atoms in total. The fraction of sp³-hybridized carbons (Fsp3) is 0.462. The van der Waals surface area contributed by atoms with Gasteiger partial charge in [-0.2, -0.15) is 11.8 Å². The molecule has 1 aromatic carbocycles. The number of thioether (sulfide) groups is 1. The quantitative estimate of drug-likeness (QED) is 0.731. The Balaban J connectivity index is 2.44. The normalized spacial score (nSPS) is 12.1. The van der Waals surface area contributed by atoms with E-state index in [1.54, 1.807) is 11.8 Å².